The van der Waals surface area contributed by atoms with Crippen LogP contribution >= 0.6 is 0 Å². The van der Waals surface area contributed by atoms with Crippen LogP contribution in [0.4, 0.5) is 0 Å². The normalized spacial score (nSPS) is 14.0. The van der Waals surface area contributed by atoms with E-state index in [1.165, 1.54) is 12.1 Å². The molecule has 0 heterocycles. The lowest BCUT2D eigenvalue weighted by molar-refractivity contribution is 0.0601. The Kier molecular flexibility index (Phi) is 12.8. The molecule has 0 saturated heterocycles. The average molecular weight is 662 g/mol. The summed E-state index contributed by atoms with van der Waals surface area (Å²) in [5, 5.41) is 21.7. The topological polar surface area (TPSA) is 130 Å². The first kappa shape index (κ1) is 36.7. The van der Waals surface area contributed by atoms with Gasteiger partial charge in [-0.2, -0.15) is 12.7 Å². The molecule has 0 fully saturated rings. The summed E-state index contributed by atoms with van der Waals surface area (Å²) < 4.78 is 66.6. The summed E-state index contributed by atoms with van der Waals surface area (Å²) in [5.41, 5.74) is 3.14. The number of para-hydroxylation sites is 1. The van der Waals surface area contributed by atoms with Crippen molar-refractivity contribution in [2.24, 2.45) is 0 Å². The van der Waals surface area contributed by atoms with Crippen molar-refractivity contribution in [1.29, 1.82) is 0 Å². The van der Waals surface area contributed by atoms with Crippen LogP contribution in [0.15, 0.2) is 76.5 Å². The van der Waals surface area contributed by atoms with E-state index in [1.54, 1.807) is 36.4 Å². The molecule has 0 spiro atoms. The fourth-order valence-corrected chi connectivity index (χ4v) is 7.96. The van der Waals surface area contributed by atoms with E-state index >= 15 is 0 Å². The predicted molar refractivity (Wildman–Crippen MR) is 176 cm³/mol. The third-order valence-corrected chi connectivity index (χ3v) is 10.7. The van der Waals surface area contributed by atoms with Gasteiger partial charge in [-0.3, -0.25) is 4.18 Å². The van der Waals surface area contributed by atoms with Gasteiger partial charge in [0.1, 0.15) is 23.4 Å². The van der Waals surface area contributed by atoms with Crippen molar-refractivity contribution < 1.29 is 36.0 Å². The summed E-state index contributed by atoms with van der Waals surface area (Å²) in [7, 11) is -8.53. The molecule has 0 amide bonds. The predicted octanol–water partition coefficient (Wildman–Crippen LogP) is 5.56. The van der Waals surface area contributed by atoms with Crippen molar-refractivity contribution in [3.05, 3.63) is 89.0 Å². The largest absolute Gasteiger partial charge is 0.491 e. The molecule has 2 atom stereocenters. The highest BCUT2D eigenvalue weighted by atomic mass is 32.2. The zero-order chi connectivity index (χ0) is 33.5. The highest BCUT2D eigenvalue weighted by Gasteiger charge is 2.32. The minimum Gasteiger partial charge on any atom is -0.491 e. The third-order valence-electron chi connectivity index (χ3n) is 7.42. The molecule has 45 heavy (non-hydrogen) atoms. The van der Waals surface area contributed by atoms with Gasteiger partial charge >= 0.3 is 0 Å². The number of aliphatic hydroxyl groups is 2. The monoisotopic (exact) mass is 661 g/mol. The van der Waals surface area contributed by atoms with Gasteiger partial charge in [0.25, 0.3) is 10.1 Å². The molecule has 2 N–H and O–H groups in total. The van der Waals surface area contributed by atoms with Crippen LogP contribution in [0, 0.1) is 6.92 Å². The van der Waals surface area contributed by atoms with E-state index in [0.29, 0.717) is 16.9 Å². The lowest BCUT2D eigenvalue weighted by atomic mass is 9.89. The maximum atomic E-state index is 13.7. The molecule has 3 aromatic carbocycles. The number of nitrogens with zero attached hydrogens (tertiary/aromatic N) is 1. The summed E-state index contributed by atoms with van der Waals surface area (Å²) in [6, 6.07) is 18.7. The lowest BCUT2D eigenvalue weighted by Gasteiger charge is -2.27. The standard InChI is InChI=1S/C34H47NO8S2/c1-23(2)27-17-32(24(3)4)34(33(18-27)25(5)6)45(40,41)43-22-29(37)20-35(44(38,39)31-15-13-26(7)14-16-31)19-28(36)21-42-30-11-9-8-10-12-30/h8-18,23-25,28-29,36-37H,19-22H2,1-7H3/t28-,29+/m1/s1. The highest BCUT2D eigenvalue weighted by molar-refractivity contribution is 7.89. The number of aliphatic hydroxyl groups excluding tert-OH is 2. The molecule has 0 bridgehead atoms. The Morgan fingerprint density at radius 1 is 0.711 bits per heavy atom. The second-order valence-corrected chi connectivity index (χ2v) is 15.8. The molecule has 248 valence electrons. The van der Waals surface area contributed by atoms with Crippen LogP contribution in [-0.2, 0) is 24.3 Å². The lowest BCUT2D eigenvalue weighted by Crippen LogP contribution is -2.44. The van der Waals surface area contributed by atoms with Gasteiger partial charge in [0.15, 0.2) is 0 Å². The van der Waals surface area contributed by atoms with E-state index in [-0.39, 0.29) is 34.2 Å². The molecule has 0 aromatic heterocycles. The first-order chi connectivity index (χ1) is 21.0. The van der Waals surface area contributed by atoms with Gasteiger partial charge in [0.2, 0.25) is 10.0 Å². The molecule has 3 rings (SSSR count). The molecule has 0 saturated carbocycles. The first-order valence-electron chi connectivity index (χ1n) is 15.2. The number of rotatable bonds is 16. The molecule has 0 aliphatic carbocycles. The van der Waals surface area contributed by atoms with Crippen LogP contribution in [-0.4, -0.2) is 69.9 Å². The molecular weight excluding hydrogens is 615 g/mol. The molecule has 0 radical (unpaired) electrons. The summed E-state index contributed by atoms with van der Waals surface area (Å²) in [6.07, 6.45) is -2.77. The SMILES string of the molecule is Cc1ccc(S(=O)(=O)N(C[C@H](O)COS(=O)(=O)c2c(C(C)C)cc(C(C)C)cc2C(C)C)C[C@@H](O)COc2ccccc2)cc1. The van der Waals surface area contributed by atoms with Gasteiger partial charge in [-0.25, -0.2) is 8.42 Å². The maximum absolute atomic E-state index is 13.7. The van der Waals surface area contributed by atoms with Crippen molar-refractivity contribution in [3.8, 4) is 5.75 Å². The number of hydrogen-bond acceptors (Lipinski definition) is 8. The van der Waals surface area contributed by atoms with Crippen LogP contribution in [0.25, 0.3) is 0 Å². The van der Waals surface area contributed by atoms with E-state index in [0.717, 1.165) is 15.4 Å². The smallest absolute Gasteiger partial charge is 0.297 e. The third kappa shape index (κ3) is 9.84. The van der Waals surface area contributed by atoms with E-state index in [4.69, 9.17) is 8.92 Å². The van der Waals surface area contributed by atoms with E-state index in [2.05, 4.69) is 0 Å². The Morgan fingerprint density at radius 3 is 1.71 bits per heavy atom. The van der Waals surface area contributed by atoms with Crippen LogP contribution in [0.5, 0.6) is 5.75 Å². The number of benzene rings is 3. The second-order valence-electron chi connectivity index (χ2n) is 12.3. The summed E-state index contributed by atoms with van der Waals surface area (Å²) >= 11 is 0. The van der Waals surface area contributed by atoms with Gasteiger partial charge in [-0.1, -0.05) is 89.6 Å². The summed E-state index contributed by atoms with van der Waals surface area (Å²) in [4.78, 5) is 0.0557. The van der Waals surface area contributed by atoms with Crippen LogP contribution in [0.1, 0.15) is 81.5 Å². The summed E-state index contributed by atoms with van der Waals surface area (Å²) in [6.45, 7) is 11.8. The average Bonchev–Trinajstić information content (AvgIpc) is 2.98. The molecule has 11 heteroatoms. The van der Waals surface area contributed by atoms with Gasteiger partial charge in [0, 0.05) is 13.1 Å². The number of aryl methyl sites for hydroxylation is 1. The molecule has 3 aromatic rings. The fourth-order valence-electron chi connectivity index (χ4n) is 4.82. The Labute approximate surface area is 269 Å². The van der Waals surface area contributed by atoms with E-state index < -0.39 is 52.0 Å². The van der Waals surface area contributed by atoms with Gasteiger partial charge in [-0.15, -0.1) is 0 Å². The van der Waals surface area contributed by atoms with Crippen molar-refractivity contribution in [1.82, 2.24) is 4.31 Å². The zero-order valence-electron chi connectivity index (χ0n) is 27.2. The molecule has 0 aliphatic heterocycles. The first-order valence-corrected chi connectivity index (χ1v) is 18.1. The quantitative estimate of drug-likeness (QED) is 0.191. The number of ether oxygens (including phenoxy) is 1. The van der Waals surface area contributed by atoms with E-state index in [1.807, 2.05) is 66.7 Å². The van der Waals surface area contributed by atoms with Gasteiger partial charge < -0.3 is 14.9 Å². The zero-order valence-corrected chi connectivity index (χ0v) is 28.8. The minimum atomic E-state index is -4.34. The molecule has 0 unspecified atom stereocenters. The van der Waals surface area contributed by atoms with Crippen molar-refractivity contribution in [3.63, 3.8) is 0 Å². The Balaban J connectivity index is 1.85. The molecule has 9 nitrogen and oxygen atoms in total. The van der Waals surface area contributed by atoms with Crippen molar-refractivity contribution >= 4 is 20.1 Å². The maximum Gasteiger partial charge on any atom is 0.297 e. The van der Waals surface area contributed by atoms with Crippen LogP contribution < -0.4 is 4.74 Å². The number of sulfonamides is 1. The Bertz CT molecular complexity index is 1570. The molecule has 0 aliphatic rings. The summed E-state index contributed by atoms with van der Waals surface area (Å²) in [5.74, 6) is 0.462. The highest BCUT2D eigenvalue weighted by Crippen LogP contribution is 2.36. The Morgan fingerprint density at radius 2 is 1.22 bits per heavy atom. The van der Waals surface area contributed by atoms with Gasteiger partial charge in [-0.05, 0) is 65.6 Å². The number of hydrogen-bond donors (Lipinski definition) is 2. The van der Waals surface area contributed by atoms with Crippen molar-refractivity contribution in [2.45, 2.75) is 88.2 Å². The van der Waals surface area contributed by atoms with Crippen LogP contribution in [0.2, 0.25) is 0 Å². The second kappa shape index (κ2) is 15.7. The Hall–Kier alpha value is -2.80. The fraction of sp³-hybridized carbons (Fsp3) is 0.471. The van der Waals surface area contributed by atoms with E-state index in [9.17, 15) is 27.0 Å². The minimum absolute atomic E-state index is 0.0292. The molecular formula is C34H47NO8S2. The van der Waals surface area contributed by atoms with Gasteiger partial charge in [0.05, 0.1) is 17.6 Å². The van der Waals surface area contributed by atoms with Crippen molar-refractivity contribution in [2.75, 3.05) is 26.3 Å². The van der Waals surface area contributed by atoms with Crippen LogP contribution in [0.3, 0.4) is 0 Å².